The number of halogens is 1. The topological polar surface area (TPSA) is 54.0 Å². The van der Waals surface area contributed by atoms with Crippen LogP contribution in [0.15, 0.2) is 12.1 Å². The molecule has 6 heteroatoms. The van der Waals surface area contributed by atoms with Gasteiger partial charge in [-0.25, -0.2) is 0 Å². The number of rotatable bonds is 6. The zero-order valence-corrected chi connectivity index (χ0v) is 15.3. The molecule has 138 valence electrons. The number of benzene rings is 1. The Kier molecular flexibility index (Phi) is 6.57. The van der Waals surface area contributed by atoms with Crippen molar-refractivity contribution in [3.8, 4) is 11.5 Å². The van der Waals surface area contributed by atoms with Crippen molar-refractivity contribution in [3.05, 3.63) is 22.7 Å². The number of ether oxygens (including phenoxy) is 4. The summed E-state index contributed by atoms with van der Waals surface area (Å²) in [6.07, 6.45) is 3.36. The molecule has 5 nitrogen and oxygen atoms in total. The normalized spacial score (nSPS) is 21.4. The lowest BCUT2D eigenvalue weighted by molar-refractivity contribution is -0.120. The maximum Gasteiger partial charge on any atom is 0.141 e. The molecule has 0 N–H and O–H groups in total. The Morgan fingerprint density at radius 1 is 1.24 bits per heavy atom. The van der Waals surface area contributed by atoms with Crippen molar-refractivity contribution in [2.24, 2.45) is 5.92 Å². The molecule has 2 heterocycles. The van der Waals surface area contributed by atoms with Crippen molar-refractivity contribution in [3.63, 3.8) is 0 Å². The Morgan fingerprint density at radius 2 is 2.04 bits per heavy atom. The van der Waals surface area contributed by atoms with Crippen LogP contribution in [0.3, 0.4) is 0 Å². The Balaban J connectivity index is 1.75. The number of carbonyl (C=O) groups excluding carboxylic acids is 1. The van der Waals surface area contributed by atoms with E-state index in [1.807, 2.05) is 6.07 Å². The van der Waals surface area contributed by atoms with E-state index in [4.69, 9.17) is 30.5 Å². The number of fused-ring (bicyclic) bond motifs is 1. The summed E-state index contributed by atoms with van der Waals surface area (Å²) in [5.41, 5.74) is 0.841. The zero-order chi connectivity index (χ0) is 17.6. The first kappa shape index (κ1) is 18.5. The summed E-state index contributed by atoms with van der Waals surface area (Å²) < 4.78 is 22.5. The molecule has 0 saturated carbocycles. The van der Waals surface area contributed by atoms with Crippen LogP contribution >= 0.6 is 11.6 Å². The Hall–Kier alpha value is -1.30. The van der Waals surface area contributed by atoms with Crippen molar-refractivity contribution >= 4 is 17.4 Å². The van der Waals surface area contributed by atoms with Crippen LogP contribution in [0.5, 0.6) is 11.5 Å². The molecule has 25 heavy (non-hydrogen) atoms. The van der Waals surface area contributed by atoms with Crippen molar-refractivity contribution < 1.29 is 23.7 Å². The number of hydrogen-bond donors (Lipinski definition) is 0. The van der Waals surface area contributed by atoms with E-state index in [1.54, 1.807) is 13.2 Å². The Morgan fingerprint density at radius 3 is 2.80 bits per heavy atom. The maximum atomic E-state index is 12.3. The number of ketones is 1. The van der Waals surface area contributed by atoms with E-state index in [0.717, 1.165) is 38.0 Å². The summed E-state index contributed by atoms with van der Waals surface area (Å²) in [7, 11) is 1.66. The number of Topliss-reactive ketones (excluding diaryl/α,β-unsaturated/α-hetero) is 1. The highest BCUT2D eigenvalue weighted by molar-refractivity contribution is 6.32. The van der Waals surface area contributed by atoms with Crippen molar-refractivity contribution in [2.45, 2.75) is 38.2 Å². The lowest BCUT2D eigenvalue weighted by Crippen LogP contribution is -2.33. The molecule has 3 rings (SSSR count). The Bertz CT molecular complexity index is 598. The summed E-state index contributed by atoms with van der Waals surface area (Å²) in [4.78, 5) is 12.3. The van der Waals surface area contributed by atoms with Gasteiger partial charge in [0.25, 0.3) is 0 Å². The van der Waals surface area contributed by atoms with Gasteiger partial charge in [0.1, 0.15) is 23.4 Å². The van der Waals surface area contributed by atoms with Gasteiger partial charge in [-0.05, 0) is 18.9 Å². The minimum Gasteiger partial charge on any atom is -0.492 e. The molecule has 0 aliphatic carbocycles. The minimum atomic E-state index is -0.0971. The molecule has 0 amide bonds. The Labute approximate surface area is 153 Å². The van der Waals surface area contributed by atoms with Gasteiger partial charge in [0, 0.05) is 63.7 Å². The molecular weight excluding hydrogens is 344 g/mol. The van der Waals surface area contributed by atoms with Crippen LogP contribution in [0.2, 0.25) is 5.02 Å². The first-order valence-electron chi connectivity index (χ1n) is 8.87. The number of hydrogen-bond acceptors (Lipinski definition) is 5. The second kappa shape index (κ2) is 8.88. The van der Waals surface area contributed by atoms with Gasteiger partial charge in [-0.15, -0.1) is 0 Å². The second-order valence-electron chi connectivity index (χ2n) is 6.61. The molecule has 0 aromatic heterocycles. The highest BCUT2D eigenvalue weighted by Crippen LogP contribution is 2.37. The number of carbonyl (C=O) groups is 1. The highest BCUT2D eigenvalue weighted by atomic mass is 35.5. The molecule has 1 atom stereocenters. The van der Waals surface area contributed by atoms with Gasteiger partial charge >= 0.3 is 0 Å². The van der Waals surface area contributed by atoms with Gasteiger partial charge in [0.2, 0.25) is 0 Å². The average Bonchev–Trinajstić information content (AvgIpc) is 2.77. The van der Waals surface area contributed by atoms with Crippen LogP contribution in [0, 0.1) is 5.92 Å². The molecule has 0 radical (unpaired) electrons. The molecule has 2 aliphatic rings. The first-order chi connectivity index (χ1) is 12.2. The van der Waals surface area contributed by atoms with E-state index in [2.05, 4.69) is 0 Å². The van der Waals surface area contributed by atoms with E-state index < -0.39 is 0 Å². The summed E-state index contributed by atoms with van der Waals surface area (Å²) in [5.74, 6) is 1.86. The minimum absolute atomic E-state index is 0.0971. The van der Waals surface area contributed by atoms with E-state index in [1.165, 1.54) is 0 Å². The third kappa shape index (κ3) is 4.87. The van der Waals surface area contributed by atoms with Crippen LogP contribution in [0.1, 0.15) is 31.2 Å². The van der Waals surface area contributed by atoms with Gasteiger partial charge in [-0.2, -0.15) is 0 Å². The smallest absolute Gasteiger partial charge is 0.141 e. The van der Waals surface area contributed by atoms with Crippen LogP contribution in [-0.4, -0.2) is 45.4 Å². The van der Waals surface area contributed by atoms with Crippen molar-refractivity contribution in [2.75, 3.05) is 33.5 Å². The van der Waals surface area contributed by atoms with Crippen LogP contribution in [-0.2, 0) is 20.7 Å². The van der Waals surface area contributed by atoms with Gasteiger partial charge < -0.3 is 18.9 Å². The quantitative estimate of drug-likeness (QED) is 0.720. The molecule has 2 aliphatic heterocycles. The van der Waals surface area contributed by atoms with Gasteiger partial charge in [-0.1, -0.05) is 11.6 Å². The van der Waals surface area contributed by atoms with Gasteiger partial charge in [0.15, 0.2) is 0 Å². The lowest BCUT2D eigenvalue weighted by atomic mass is 9.90. The molecule has 1 aromatic rings. The van der Waals surface area contributed by atoms with Crippen LogP contribution in [0.25, 0.3) is 0 Å². The average molecular weight is 369 g/mol. The van der Waals surface area contributed by atoms with E-state index in [0.29, 0.717) is 48.5 Å². The lowest BCUT2D eigenvalue weighted by Gasteiger charge is -2.29. The summed E-state index contributed by atoms with van der Waals surface area (Å²) >= 11 is 6.32. The SMILES string of the molecule is COCCCOc1cc2c(cc1Cl)CC(=O)CC(C1CCOCC1)O2. The van der Waals surface area contributed by atoms with Gasteiger partial charge in [-0.3, -0.25) is 4.79 Å². The van der Waals surface area contributed by atoms with Crippen molar-refractivity contribution in [1.29, 1.82) is 0 Å². The molecule has 0 spiro atoms. The van der Waals surface area contributed by atoms with E-state index >= 15 is 0 Å². The summed E-state index contributed by atoms with van der Waals surface area (Å²) in [6.45, 7) is 2.63. The molecule has 1 saturated heterocycles. The fourth-order valence-electron chi connectivity index (χ4n) is 3.38. The molecular formula is C19H25ClO5. The molecule has 1 unspecified atom stereocenters. The molecule has 1 aromatic carbocycles. The fourth-order valence-corrected chi connectivity index (χ4v) is 3.62. The predicted octanol–water partition coefficient (Wildman–Crippen LogP) is 3.44. The summed E-state index contributed by atoms with van der Waals surface area (Å²) in [5, 5.41) is 0.511. The van der Waals surface area contributed by atoms with E-state index in [-0.39, 0.29) is 11.9 Å². The summed E-state index contributed by atoms with van der Waals surface area (Å²) in [6, 6.07) is 3.63. The maximum absolute atomic E-state index is 12.3. The predicted molar refractivity (Wildman–Crippen MR) is 94.7 cm³/mol. The third-order valence-electron chi connectivity index (χ3n) is 4.75. The largest absolute Gasteiger partial charge is 0.492 e. The first-order valence-corrected chi connectivity index (χ1v) is 9.25. The molecule has 0 bridgehead atoms. The van der Waals surface area contributed by atoms with E-state index in [9.17, 15) is 4.79 Å². The van der Waals surface area contributed by atoms with Crippen molar-refractivity contribution in [1.82, 2.24) is 0 Å². The standard InChI is InChI=1S/C19H25ClO5/c1-22-5-2-6-24-19-12-18-14(10-16(19)20)9-15(21)11-17(25-18)13-3-7-23-8-4-13/h10,12-13,17H,2-9,11H2,1H3. The molecule has 1 fully saturated rings. The fraction of sp³-hybridized carbons (Fsp3) is 0.632. The number of methoxy groups -OCH3 is 1. The second-order valence-corrected chi connectivity index (χ2v) is 7.02. The zero-order valence-electron chi connectivity index (χ0n) is 14.6. The van der Waals surface area contributed by atoms with Crippen LogP contribution in [0.4, 0.5) is 0 Å². The van der Waals surface area contributed by atoms with Gasteiger partial charge in [0.05, 0.1) is 11.6 Å². The monoisotopic (exact) mass is 368 g/mol. The van der Waals surface area contributed by atoms with Crippen LogP contribution < -0.4 is 9.47 Å². The highest BCUT2D eigenvalue weighted by Gasteiger charge is 2.31. The third-order valence-corrected chi connectivity index (χ3v) is 5.05.